The third-order valence-electron chi connectivity index (χ3n) is 5.07. The quantitative estimate of drug-likeness (QED) is 0.585. The largest absolute Gasteiger partial charge is 0.489 e. The molecule has 3 aromatic carbocycles. The molecule has 1 unspecified atom stereocenters. The maximum atomic E-state index is 11.6. The second kappa shape index (κ2) is 8.89. The van der Waals surface area contributed by atoms with Gasteiger partial charge in [0.1, 0.15) is 18.4 Å². The number of carboxylic acid groups (broad SMARTS) is 1. The second-order valence-electron chi connectivity index (χ2n) is 7.42. The van der Waals surface area contributed by atoms with Gasteiger partial charge in [-0.2, -0.15) is 0 Å². The van der Waals surface area contributed by atoms with Crippen molar-refractivity contribution in [3.63, 3.8) is 0 Å². The van der Waals surface area contributed by atoms with Crippen molar-refractivity contribution in [2.75, 3.05) is 0 Å². The van der Waals surface area contributed by atoms with E-state index in [-0.39, 0.29) is 5.92 Å². The molecule has 1 atom stereocenters. The molecule has 0 heterocycles. The van der Waals surface area contributed by atoms with Gasteiger partial charge < -0.3 is 9.84 Å². The third-order valence-corrected chi connectivity index (χ3v) is 5.07. The Kier molecular flexibility index (Phi) is 6.32. The number of ether oxygens (including phenoxy) is 1. The highest BCUT2D eigenvalue weighted by atomic mass is 16.5. The molecule has 0 aliphatic carbocycles. The van der Waals surface area contributed by atoms with Crippen LogP contribution in [0.5, 0.6) is 5.75 Å². The summed E-state index contributed by atoms with van der Waals surface area (Å²) in [5.74, 6) is -0.0659. The van der Waals surface area contributed by atoms with Crippen LogP contribution in [0.3, 0.4) is 0 Å². The van der Waals surface area contributed by atoms with Gasteiger partial charge in [-0.1, -0.05) is 68.4 Å². The summed E-state index contributed by atoms with van der Waals surface area (Å²) in [5, 5.41) is 14.9. The zero-order valence-corrected chi connectivity index (χ0v) is 16.6. The standard InChI is InChI=1S/C24H27NO3/c1-16(2)23(24(26)27)25-14-21-20-11-7-6-9-18(20)12-13-22(21)28-15-19-10-5-4-8-17(19)3/h4-13,16,23,25H,14-15H2,1-3H3,(H,26,27). The number of nitrogens with one attached hydrogen (secondary N) is 1. The van der Waals surface area contributed by atoms with E-state index < -0.39 is 12.0 Å². The minimum atomic E-state index is -0.836. The summed E-state index contributed by atoms with van der Waals surface area (Å²) in [7, 11) is 0. The lowest BCUT2D eigenvalue weighted by Gasteiger charge is -2.20. The summed E-state index contributed by atoms with van der Waals surface area (Å²) in [4.78, 5) is 11.6. The molecule has 0 saturated carbocycles. The lowest BCUT2D eigenvalue weighted by molar-refractivity contribution is -0.140. The predicted molar refractivity (Wildman–Crippen MR) is 113 cm³/mol. The van der Waals surface area contributed by atoms with Crippen LogP contribution in [0.2, 0.25) is 0 Å². The first kappa shape index (κ1) is 19.9. The lowest BCUT2D eigenvalue weighted by atomic mass is 10.0. The third kappa shape index (κ3) is 4.52. The first-order valence-electron chi connectivity index (χ1n) is 9.61. The minimum Gasteiger partial charge on any atom is -0.489 e. The number of carbonyl (C=O) groups is 1. The van der Waals surface area contributed by atoms with Gasteiger partial charge in [0, 0.05) is 12.1 Å². The molecule has 0 saturated heterocycles. The van der Waals surface area contributed by atoms with Gasteiger partial charge in [0.15, 0.2) is 0 Å². The van der Waals surface area contributed by atoms with E-state index in [9.17, 15) is 9.90 Å². The number of aliphatic carboxylic acids is 1. The first-order valence-corrected chi connectivity index (χ1v) is 9.61. The molecule has 3 rings (SSSR count). The van der Waals surface area contributed by atoms with Crippen LogP contribution in [-0.2, 0) is 17.9 Å². The van der Waals surface area contributed by atoms with Gasteiger partial charge in [-0.3, -0.25) is 10.1 Å². The monoisotopic (exact) mass is 377 g/mol. The van der Waals surface area contributed by atoms with Crippen molar-refractivity contribution in [2.45, 2.75) is 40.0 Å². The Bertz CT molecular complexity index is 965. The molecule has 4 nitrogen and oxygen atoms in total. The fourth-order valence-electron chi connectivity index (χ4n) is 3.38. The van der Waals surface area contributed by atoms with Crippen LogP contribution >= 0.6 is 0 Å². The summed E-state index contributed by atoms with van der Waals surface area (Å²) in [5.41, 5.74) is 3.31. The van der Waals surface area contributed by atoms with Crippen molar-refractivity contribution in [1.82, 2.24) is 5.32 Å². The molecule has 0 aromatic heterocycles. The molecule has 146 valence electrons. The zero-order chi connectivity index (χ0) is 20.1. The van der Waals surface area contributed by atoms with E-state index in [4.69, 9.17) is 4.74 Å². The SMILES string of the molecule is Cc1ccccc1COc1ccc2ccccc2c1CNC(C(=O)O)C(C)C. The van der Waals surface area contributed by atoms with Crippen LogP contribution in [0, 0.1) is 12.8 Å². The van der Waals surface area contributed by atoms with Crippen molar-refractivity contribution < 1.29 is 14.6 Å². The number of rotatable bonds is 8. The van der Waals surface area contributed by atoms with E-state index in [1.807, 2.05) is 50.2 Å². The van der Waals surface area contributed by atoms with Crippen LogP contribution < -0.4 is 10.1 Å². The van der Waals surface area contributed by atoms with E-state index in [2.05, 4.69) is 36.5 Å². The molecule has 0 aliphatic heterocycles. The number of benzene rings is 3. The Morgan fingerprint density at radius 2 is 1.75 bits per heavy atom. The predicted octanol–water partition coefficient (Wildman–Crippen LogP) is 4.93. The van der Waals surface area contributed by atoms with Gasteiger partial charge in [0.05, 0.1) is 0 Å². The molecule has 0 bridgehead atoms. The maximum Gasteiger partial charge on any atom is 0.320 e. The van der Waals surface area contributed by atoms with Gasteiger partial charge in [-0.15, -0.1) is 0 Å². The molecule has 0 radical (unpaired) electrons. The van der Waals surface area contributed by atoms with Gasteiger partial charge in [0.25, 0.3) is 0 Å². The molecule has 28 heavy (non-hydrogen) atoms. The molecule has 0 amide bonds. The van der Waals surface area contributed by atoms with Crippen molar-refractivity contribution in [2.24, 2.45) is 5.92 Å². The van der Waals surface area contributed by atoms with Crippen LogP contribution in [0.4, 0.5) is 0 Å². The molecular weight excluding hydrogens is 350 g/mol. The zero-order valence-electron chi connectivity index (χ0n) is 16.6. The number of aryl methyl sites for hydroxylation is 1. The average molecular weight is 377 g/mol. The summed E-state index contributed by atoms with van der Waals surface area (Å²) in [6.07, 6.45) is 0. The highest BCUT2D eigenvalue weighted by Crippen LogP contribution is 2.29. The van der Waals surface area contributed by atoms with E-state index in [0.29, 0.717) is 13.2 Å². The normalized spacial score (nSPS) is 12.3. The average Bonchev–Trinajstić information content (AvgIpc) is 2.67. The summed E-state index contributed by atoms with van der Waals surface area (Å²) >= 11 is 0. The topological polar surface area (TPSA) is 58.6 Å². The smallest absolute Gasteiger partial charge is 0.320 e. The summed E-state index contributed by atoms with van der Waals surface area (Å²) < 4.78 is 6.18. The Morgan fingerprint density at radius 1 is 1.04 bits per heavy atom. The van der Waals surface area contributed by atoms with Crippen molar-refractivity contribution >= 4 is 16.7 Å². The van der Waals surface area contributed by atoms with Crippen LogP contribution in [0.25, 0.3) is 10.8 Å². The Morgan fingerprint density at radius 3 is 2.46 bits per heavy atom. The van der Waals surface area contributed by atoms with Crippen molar-refractivity contribution in [1.29, 1.82) is 0 Å². The number of hydrogen-bond donors (Lipinski definition) is 2. The molecule has 0 fully saturated rings. The molecule has 2 N–H and O–H groups in total. The van der Waals surface area contributed by atoms with E-state index in [1.165, 1.54) is 5.56 Å². The van der Waals surface area contributed by atoms with Gasteiger partial charge >= 0.3 is 5.97 Å². The Balaban J connectivity index is 1.90. The van der Waals surface area contributed by atoms with E-state index in [1.54, 1.807) is 0 Å². The van der Waals surface area contributed by atoms with Crippen molar-refractivity contribution in [3.05, 3.63) is 77.4 Å². The molecular formula is C24H27NO3. The first-order chi connectivity index (χ1) is 13.5. The number of fused-ring (bicyclic) bond motifs is 1. The van der Waals surface area contributed by atoms with Crippen LogP contribution in [0.15, 0.2) is 60.7 Å². The van der Waals surface area contributed by atoms with Crippen LogP contribution in [-0.4, -0.2) is 17.1 Å². The highest BCUT2D eigenvalue weighted by molar-refractivity contribution is 5.87. The molecule has 4 heteroatoms. The fourth-order valence-corrected chi connectivity index (χ4v) is 3.38. The number of hydrogen-bond acceptors (Lipinski definition) is 3. The molecule has 3 aromatic rings. The summed E-state index contributed by atoms with van der Waals surface area (Å²) in [6, 6.07) is 19.7. The van der Waals surface area contributed by atoms with Gasteiger partial charge in [0.2, 0.25) is 0 Å². The van der Waals surface area contributed by atoms with Crippen molar-refractivity contribution in [3.8, 4) is 5.75 Å². The second-order valence-corrected chi connectivity index (χ2v) is 7.42. The minimum absolute atomic E-state index is 0.0104. The molecule has 0 spiro atoms. The maximum absolute atomic E-state index is 11.6. The van der Waals surface area contributed by atoms with Gasteiger partial charge in [-0.25, -0.2) is 0 Å². The van der Waals surface area contributed by atoms with E-state index >= 15 is 0 Å². The highest BCUT2D eigenvalue weighted by Gasteiger charge is 2.21. The fraction of sp³-hybridized carbons (Fsp3) is 0.292. The van der Waals surface area contributed by atoms with E-state index in [0.717, 1.165) is 27.6 Å². The van der Waals surface area contributed by atoms with Gasteiger partial charge in [-0.05, 0) is 40.8 Å². The molecule has 0 aliphatic rings. The summed E-state index contributed by atoms with van der Waals surface area (Å²) in [6.45, 7) is 6.79. The Hall–Kier alpha value is -2.85. The van der Waals surface area contributed by atoms with Crippen LogP contribution in [0.1, 0.15) is 30.5 Å². The number of carboxylic acids is 1. The Labute approximate surface area is 166 Å². The lowest BCUT2D eigenvalue weighted by Crippen LogP contribution is -2.40.